The number of rotatable bonds is 9. The van der Waals surface area contributed by atoms with Crippen molar-refractivity contribution in [1.82, 2.24) is 34.3 Å². The summed E-state index contributed by atoms with van der Waals surface area (Å²) in [6.07, 6.45) is 1.78. The van der Waals surface area contributed by atoms with Crippen LogP contribution in [0.4, 0.5) is 11.6 Å². The molecule has 1 aromatic carbocycles. The second-order valence-corrected chi connectivity index (χ2v) is 9.32. The summed E-state index contributed by atoms with van der Waals surface area (Å²) < 4.78 is 19.8. The summed E-state index contributed by atoms with van der Waals surface area (Å²) in [4.78, 5) is 14.1. The fraction of sp³-hybridized carbons (Fsp3) is 0.385. The van der Waals surface area contributed by atoms with Crippen LogP contribution in [0.25, 0.3) is 28.3 Å². The van der Waals surface area contributed by atoms with Crippen LogP contribution in [-0.4, -0.2) is 87.3 Å². The quantitative estimate of drug-likeness (QED) is 0.292. The van der Waals surface area contributed by atoms with Crippen LogP contribution in [0.2, 0.25) is 0 Å². The number of ether oxygens (including phenoxy) is 2. The first-order valence-electron chi connectivity index (χ1n) is 12.7. The van der Waals surface area contributed by atoms with Crippen molar-refractivity contribution < 1.29 is 13.9 Å². The van der Waals surface area contributed by atoms with Gasteiger partial charge in [0.15, 0.2) is 17.1 Å². The maximum atomic E-state index is 6.24. The Balaban J connectivity index is 1.09. The molecule has 1 aliphatic heterocycles. The van der Waals surface area contributed by atoms with Crippen molar-refractivity contribution in [2.24, 2.45) is 0 Å². The van der Waals surface area contributed by atoms with Crippen LogP contribution in [0.5, 0.6) is 5.75 Å². The molecule has 0 atom stereocenters. The summed E-state index contributed by atoms with van der Waals surface area (Å²) >= 11 is 0. The number of aryl methyl sites for hydroxylation is 1. The van der Waals surface area contributed by atoms with Gasteiger partial charge in [0.05, 0.1) is 24.7 Å². The molecule has 5 heterocycles. The zero-order valence-corrected chi connectivity index (χ0v) is 21.6. The van der Waals surface area contributed by atoms with Crippen LogP contribution in [-0.2, 0) is 11.3 Å². The molecule has 1 aliphatic rings. The number of aromatic nitrogens is 6. The molecular formula is C26H31N9O3. The van der Waals surface area contributed by atoms with Crippen LogP contribution in [0.15, 0.2) is 47.0 Å². The second-order valence-electron chi connectivity index (χ2n) is 9.32. The van der Waals surface area contributed by atoms with E-state index >= 15 is 0 Å². The number of furan rings is 1. The fourth-order valence-corrected chi connectivity index (χ4v) is 4.74. The monoisotopic (exact) mass is 517 g/mol. The molecule has 0 saturated carbocycles. The normalized spacial score (nSPS) is 14.6. The Morgan fingerprint density at radius 3 is 2.50 bits per heavy atom. The van der Waals surface area contributed by atoms with E-state index in [2.05, 4.69) is 42.1 Å². The van der Waals surface area contributed by atoms with Crippen molar-refractivity contribution in [3.63, 3.8) is 0 Å². The standard InChI is InChI=1S/C26H31N9O3/c1-18-3-8-22(38-18)23-29-25-21-17-28-34(24(21)30-26(27)35(25)31-23)14-11-32-9-12-33(13-10-32)19-4-6-20(7-5-19)37-16-15-36-2/h3-8,17H,9-16H2,1-2H3,(H2,27,30). The highest BCUT2D eigenvalue weighted by atomic mass is 16.5. The predicted octanol–water partition coefficient (Wildman–Crippen LogP) is 2.47. The third-order valence-corrected chi connectivity index (χ3v) is 6.82. The lowest BCUT2D eigenvalue weighted by Gasteiger charge is -2.36. The van der Waals surface area contributed by atoms with Gasteiger partial charge in [-0.25, -0.2) is 9.67 Å². The van der Waals surface area contributed by atoms with E-state index in [-0.39, 0.29) is 5.95 Å². The zero-order valence-electron chi connectivity index (χ0n) is 21.6. The Kier molecular flexibility index (Phi) is 6.56. The fourth-order valence-electron chi connectivity index (χ4n) is 4.74. The number of anilines is 2. The van der Waals surface area contributed by atoms with Crippen LogP contribution in [0, 0.1) is 6.92 Å². The van der Waals surface area contributed by atoms with Gasteiger partial charge < -0.3 is 24.5 Å². The lowest BCUT2D eigenvalue weighted by atomic mass is 10.2. The molecule has 4 aromatic heterocycles. The minimum absolute atomic E-state index is 0.264. The molecule has 38 heavy (non-hydrogen) atoms. The minimum atomic E-state index is 0.264. The number of nitrogens with zero attached hydrogens (tertiary/aromatic N) is 8. The van der Waals surface area contributed by atoms with Gasteiger partial charge >= 0.3 is 0 Å². The highest BCUT2D eigenvalue weighted by Crippen LogP contribution is 2.25. The SMILES string of the molecule is COCCOc1ccc(N2CCN(CCn3ncc4c3nc(N)n3nc(-c5ccc(C)o5)nc43)CC2)cc1. The zero-order chi connectivity index (χ0) is 26.1. The molecule has 198 valence electrons. The summed E-state index contributed by atoms with van der Waals surface area (Å²) in [5.41, 5.74) is 8.78. The van der Waals surface area contributed by atoms with Crippen molar-refractivity contribution in [1.29, 1.82) is 0 Å². The number of hydrogen-bond acceptors (Lipinski definition) is 10. The smallest absolute Gasteiger partial charge is 0.225 e. The van der Waals surface area contributed by atoms with Gasteiger partial charge in [-0.2, -0.15) is 14.6 Å². The van der Waals surface area contributed by atoms with E-state index in [0.717, 1.165) is 49.6 Å². The van der Waals surface area contributed by atoms with E-state index in [9.17, 15) is 0 Å². The molecule has 0 bridgehead atoms. The van der Waals surface area contributed by atoms with Gasteiger partial charge in [-0.05, 0) is 43.3 Å². The van der Waals surface area contributed by atoms with Crippen LogP contribution < -0.4 is 15.4 Å². The van der Waals surface area contributed by atoms with Gasteiger partial charge in [-0.15, -0.1) is 5.10 Å². The highest BCUT2D eigenvalue weighted by molar-refractivity contribution is 5.90. The average molecular weight is 518 g/mol. The van der Waals surface area contributed by atoms with E-state index in [4.69, 9.17) is 19.6 Å². The number of benzene rings is 1. The van der Waals surface area contributed by atoms with Gasteiger partial charge in [0.25, 0.3) is 0 Å². The van der Waals surface area contributed by atoms with E-state index < -0.39 is 0 Å². The second kappa shape index (κ2) is 10.3. The molecule has 12 heteroatoms. The van der Waals surface area contributed by atoms with Gasteiger partial charge in [-0.3, -0.25) is 4.90 Å². The molecule has 0 spiro atoms. The van der Waals surface area contributed by atoms with E-state index in [1.54, 1.807) is 17.8 Å². The Bertz CT molecular complexity index is 1530. The molecule has 12 nitrogen and oxygen atoms in total. The first kappa shape index (κ1) is 24.2. The highest BCUT2D eigenvalue weighted by Gasteiger charge is 2.20. The average Bonchev–Trinajstić information content (AvgIpc) is 3.67. The van der Waals surface area contributed by atoms with Crippen LogP contribution in [0.3, 0.4) is 0 Å². The molecular weight excluding hydrogens is 486 g/mol. The molecule has 1 fully saturated rings. The van der Waals surface area contributed by atoms with Gasteiger partial charge in [-0.1, -0.05) is 0 Å². The van der Waals surface area contributed by atoms with Gasteiger partial charge in [0.1, 0.15) is 18.1 Å². The number of nitrogen functional groups attached to an aromatic ring is 1. The molecule has 6 rings (SSSR count). The number of piperazine rings is 1. The molecule has 2 N–H and O–H groups in total. The van der Waals surface area contributed by atoms with E-state index in [1.165, 1.54) is 5.69 Å². The van der Waals surface area contributed by atoms with E-state index in [1.807, 2.05) is 35.9 Å². The van der Waals surface area contributed by atoms with Crippen LogP contribution in [0.1, 0.15) is 5.76 Å². The lowest BCUT2D eigenvalue weighted by Crippen LogP contribution is -2.47. The minimum Gasteiger partial charge on any atom is -0.491 e. The molecule has 0 radical (unpaired) electrons. The summed E-state index contributed by atoms with van der Waals surface area (Å²) in [6, 6.07) is 12.0. The largest absolute Gasteiger partial charge is 0.491 e. The molecule has 0 aliphatic carbocycles. The maximum Gasteiger partial charge on any atom is 0.225 e. The van der Waals surface area contributed by atoms with Crippen molar-refractivity contribution in [2.75, 3.05) is 63.7 Å². The lowest BCUT2D eigenvalue weighted by molar-refractivity contribution is 0.146. The maximum absolute atomic E-state index is 6.24. The Hall–Kier alpha value is -4.16. The summed E-state index contributed by atoms with van der Waals surface area (Å²) in [5.74, 6) is 2.99. The van der Waals surface area contributed by atoms with Crippen molar-refractivity contribution in [2.45, 2.75) is 13.5 Å². The molecule has 0 unspecified atom stereocenters. The number of fused-ring (bicyclic) bond motifs is 3. The Morgan fingerprint density at radius 2 is 1.76 bits per heavy atom. The van der Waals surface area contributed by atoms with Crippen molar-refractivity contribution in [3.8, 4) is 17.3 Å². The van der Waals surface area contributed by atoms with E-state index in [0.29, 0.717) is 42.6 Å². The first-order chi connectivity index (χ1) is 18.6. The van der Waals surface area contributed by atoms with Crippen molar-refractivity contribution in [3.05, 3.63) is 48.4 Å². The molecule has 0 amide bonds. The van der Waals surface area contributed by atoms with Crippen LogP contribution >= 0.6 is 0 Å². The third-order valence-electron chi connectivity index (χ3n) is 6.82. The Morgan fingerprint density at radius 1 is 0.947 bits per heavy atom. The van der Waals surface area contributed by atoms with Gasteiger partial charge in [0.2, 0.25) is 11.8 Å². The third kappa shape index (κ3) is 4.75. The Labute approximate surface area is 219 Å². The van der Waals surface area contributed by atoms with Crippen molar-refractivity contribution >= 4 is 28.3 Å². The number of methoxy groups -OCH3 is 1. The molecule has 5 aromatic rings. The first-order valence-corrected chi connectivity index (χ1v) is 12.7. The topological polar surface area (TPSA) is 125 Å². The summed E-state index contributed by atoms with van der Waals surface area (Å²) in [6.45, 7) is 8.47. The summed E-state index contributed by atoms with van der Waals surface area (Å²) in [5, 5.41) is 9.89. The van der Waals surface area contributed by atoms with Gasteiger partial charge in [0, 0.05) is 45.5 Å². The number of nitrogens with two attached hydrogens (primary N) is 1. The predicted molar refractivity (Wildman–Crippen MR) is 143 cm³/mol. The summed E-state index contributed by atoms with van der Waals surface area (Å²) in [7, 11) is 1.67. The number of hydrogen-bond donors (Lipinski definition) is 1. The molecule has 1 saturated heterocycles.